The number of hydrogen-bond donors (Lipinski definition) is 1. The first kappa shape index (κ1) is 14.0. The second kappa shape index (κ2) is 5.28. The predicted molar refractivity (Wildman–Crippen MR) is 77.9 cm³/mol. The molecule has 1 heterocycles. The lowest BCUT2D eigenvalue weighted by atomic mass is 10.1. The minimum Gasteiger partial charge on any atom is -0.298 e. The second-order valence-electron chi connectivity index (χ2n) is 3.85. The van der Waals surface area contributed by atoms with Crippen molar-refractivity contribution in [1.29, 1.82) is 0 Å². The second-order valence-corrected chi connectivity index (χ2v) is 5.08. The standard InChI is InChI=1S/C12H8Cl2N2O2S/c1-16-11(18)8(10(17)15-12(16)19)4-6-2-3-7(13)5-9(6)14/h2-5H,1H3,(H,15,17,19). The van der Waals surface area contributed by atoms with Crippen LogP contribution in [0.4, 0.5) is 0 Å². The highest BCUT2D eigenvalue weighted by atomic mass is 35.5. The molecule has 2 rings (SSSR count). The van der Waals surface area contributed by atoms with Gasteiger partial charge in [-0.2, -0.15) is 0 Å². The Balaban J connectivity index is 2.44. The van der Waals surface area contributed by atoms with Gasteiger partial charge in [0.15, 0.2) is 5.11 Å². The molecule has 98 valence electrons. The fourth-order valence-electron chi connectivity index (χ4n) is 1.52. The van der Waals surface area contributed by atoms with Crippen molar-refractivity contribution in [2.75, 3.05) is 7.05 Å². The van der Waals surface area contributed by atoms with E-state index in [1.165, 1.54) is 24.1 Å². The van der Waals surface area contributed by atoms with Crippen LogP contribution < -0.4 is 5.32 Å². The minimum atomic E-state index is -0.542. The van der Waals surface area contributed by atoms with Crippen LogP contribution in [0.1, 0.15) is 5.56 Å². The number of rotatable bonds is 1. The van der Waals surface area contributed by atoms with Crippen molar-refractivity contribution < 1.29 is 9.59 Å². The van der Waals surface area contributed by atoms with E-state index in [1.54, 1.807) is 12.1 Å². The first-order valence-electron chi connectivity index (χ1n) is 5.20. The summed E-state index contributed by atoms with van der Waals surface area (Å²) in [6, 6.07) is 4.79. The summed E-state index contributed by atoms with van der Waals surface area (Å²) in [5, 5.41) is 3.33. The Morgan fingerprint density at radius 3 is 2.63 bits per heavy atom. The Kier molecular flexibility index (Phi) is 3.89. The van der Waals surface area contributed by atoms with Crippen LogP contribution in [0.3, 0.4) is 0 Å². The maximum absolute atomic E-state index is 12.0. The smallest absolute Gasteiger partial charge is 0.265 e. The molecule has 1 N–H and O–H groups in total. The van der Waals surface area contributed by atoms with Crippen LogP contribution in [0.25, 0.3) is 6.08 Å². The first-order chi connectivity index (χ1) is 8.90. The van der Waals surface area contributed by atoms with E-state index < -0.39 is 11.8 Å². The first-order valence-corrected chi connectivity index (χ1v) is 6.36. The Morgan fingerprint density at radius 1 is 1.32 bits per heavy atom. The van der Waals surface area contributed by atoms with Crippen LogP contribution in [0, 0.1) is 0 Å². The topological polar surface area (TPSA) is 49.4 Å². The molecule has 1 fully saturated rings. The number of carbonyl (C=O) groups excluding carboxylic acids is 2. The summed E-state index contributed by atoms with van der Waals surface area (Å²) in [4.78, 5) is 24.9. The third-order valence-electron chi connectivity index (χ3n) is 2.57. The molecule has 0 aromatic heterocycles. The van der Waals surface area contributed by atoms with Crippen LogP contribution in [-0.4, -0.2) is 28.9 Å². The number of benzene rings is 1. The zero-order valence-electron chi connectivity index (χ0n) is 9.74. The minimum absolute atomic E-state index is 0.0275. The molecule has 0 bridgehead atoms. The molecule has 4 nitrogen and oxygen atoms in total. The molecule has 0 unspecified atom stereocenters. The van der Waals surface area contributed by atoms with E-state index in [-0.39, 0.29) is 10.7 Å². The summed E-state index contributed by atoms with van der Waals surface area (Å²) in [5.41, 5.74) is 0.506. The summed E-state index contributed by atoms with van der Waals surface area (Å²) in [6.45, 7) is 0. The Labute approximate surface area is 125 Å². The van der Waals surface area contributed by atoms with E-state index in [1.807, 2.05) is 0 Å². The number of carbonyl (C=O) groups is 2. The SMILES string of the molecule is CN1C(=O)C(=Cc2ccc(Cl)cc2Cl)C(=O)NC1=S. The largest absolute Gasteiger partial charge is 0.298 e. The molecule has 0 spiro atoms. The van der Waals surface area contributed by atoms with E-state index in [0.717, 1.165) is 0 Å². The van der Waals surface area contributed by atoms with Crippen molar-refractivity contribution >= 4 is 58.4 Å². The maximum Gasteiger partial charge on any atom is 0.265 e. The van der Waals surface area contributed by atoms with Crippen molar-refractivity contribution in [2.24, 2.45) is 0 Å². The van der Waals surface area contributed by atoms with Crippen LogP contribution >= 0.6 is 35.4 Å². The van der Waals surface area contributed by atoms with Gasteiger partial charge in [0.05, 0.1) is 0 Å². The van der Waals surface area contributed by atoms with Crippen molar-refractivity contribution in [3.63, 3.8) is 0 Å². The quantitative estimate of drug-likeness (QED) is 0.491. The van der Waals surface area contributed by atoms with Gasteiger partial charge in [0, 0.05) is 17.1 Å². The monoisotopic (exact) mass is 314 g/mol. The number of halogens is 2. The van der Waals surface area contributed by atoms with Gasteiger partial charge >= 0.3 is 0 Å². The highest BCUT2D eigenvalue weighted by Gasteiger charge is 2.30. The Morgan fingerprint density at radius 2 is 2.00 bits per heavy atom. The summed E-state index contributed by atoms with van der Waals surface area (Å²) < 4.78 is 0. The molecule has 1 aromatic rings. The van der Waals surface area contributed by atoms with Crippen molar-refractivity contribution in [1.82, 2.24) is 10.2 Å². The zero-order chi connectivity index (χ0) is 14.2. The third kappa shape index (κ3) is 2.78. The lowest BCUT2D eigenvalue weighted by Gasteiger charge is -2.25. The van der Waals surface area contributed by atoms with Gasteiger partial charge in [0.2, 0.25) is 0 Å². The molecule has 7 heteroatoms. The molecule has 1 aliphatic heterocycles. The highest BCUT2D eigenvalue weighted by Crippen LogP contribution is 2.24. The van der Waals surface area contributed by atoms with Crippen molar-refractivity contribution in [2.45, 2.75) is 0 Å². The number of nitrogens with zero attached hydrogens (tertiary/aromatic N) is 1. The Hall–Kier alpha value is -1.43. The molecule has 1 aromatic carbocycles. The molecular weight excluding hydrogens is 307 g/mol. The lowest BCUT2D eigenvalue weighted by molar-refractivity contribution is -0.128. The van der Waals surface area contributed by atoms with Gasteiger partial charge in [0.25, 0.3) is 11.8 Å². The number of likely N-dealkylation sites (N-methyl/N-ethyl adjacent to an activating group) is 1. The average molecular weight is 315 g/mol. The lowest BCUT2D eigenvalue weighted by Crippen LogP contribution is -2.52. The van der Waals surface area contributed by atoms with Gasteiger partial charge < -0.3 is 0 Å². The van der Waals surface area contributed by atoms with Gasteiger partial charge in [-0.3, -0.25) is 19.8 Å². The van der Waals surface area contributed by atoms with Crippen LogP contribution in [0.5, 0.6) is 0 Å². The summed E-state index contributed by atoms with van der Waals surface area (Å²) >= 11 is 16.6. The summed E-state index contributed by atoms with van der Waals surface area (Å²) in [7, 11) is 1.49. The molecular formula is C12H8Cl2N2O2S. The van der Waals surface area contributed by atoms with Crippen LogP contribution in [0.2, 0.25) is 10.0 Å². The molecule has 2 amide bonds. The van der Waals surface area contributed by atoms with Gasteiger partial charge in [-0.15, -0.1) is 0 Å². The van der Waals surface area contributed by atoms with E-state index >= 15 is 0 Å². The highest BCUT2D eigenvalue weighted by molar-refractivity contribution is 7.80. The number of nitrogens with one attached hydrogen (secondary N) is 1. The van der Waals surface area contributed by atoms with E-state index in [4.69, 9.17) is 35.4 Å². The fourth-order valence-corrected chi connectivity index (χ4v) is 2.16. The number of hydrogen-bond acceptors (Lipinski definition) is 3. The fraction of sp³-hybridized carbons (Fsp3) is 0.0833. The van der Waals surface area contributed by atoms with Gasteiger partial charge in [-0.1, -0.05) is 29.3 Å². The molecule has 19 heavy (non-hydrogen) atoms. The predicted octanol–water partition coefficient (Wildman–Crippen LogP) is 2.25. The van der Waals surface area contributed by atoms with Gasteiger partial charge in [0.1, 0.15) is 5.57 Å². The van der Waals surface area contributed by atoms with Crippen LogP contribution in [0.15, 0.2) is 23.8 Å². The van der Waals surface area contributed by atoms with E-state index in [9.17, 15) is 9.59 Å². The van der Waals surface area contributed by atoms with Crippen molar-refractivity contribution in [3.05, 3.63) is 39.4 Å². The molecule has 0 saturated carbocycles. The summed E-state index contributed by atoms with van der Waals surface area (Å²) in [6.07, 6.45) is 1.41. The number of amides is 2. The normalized spacial score (nSPS) is 17.9. The zero-order valence-corrected chi connectivity index (χ0v) is 12.1. The maximum atomic E-state index is 12.0. The molecule has 0 atom stereocenters. The average Bonchev–Trinajstić information content (AvgIpc) is 2.34. The van der Waals surface area contributed by atoms with E-state index in [0.29, 0.717) is 15.6 Å². The van der Waals surface area contributed by atoms with Gasteiger partial charge in [-0.25, -0.2) is 0 Å². The number of thiocarbonyl (C=S) groups is 1. The summed E-state index contributed by atoms with van der Waals surface area (Å²) in [5.74, 6) is -1.01. The van der Waals surface area contributed by atoms with Gasteiger partial charge in [-0.05, 0) is 36.0 Å². The Bertz CT molecular complexity index is 628. The molecule has 1 saturated heterocycles. The van der Waals surface area contributed by atoms with E-state index in [2.05, 4.69) is 5.32 Å². The third-order valence-corrected chi connectivity index (χ3v) is 3.51. The molecule has 0 radical (unpaired) electrons. The molecule has 0 aliphatic carbocycles. The van der Waals surface area contributed by atoms with Crippen molar-refractivity contribution in [3.8, 4) is 0 Å². The molecule has 1 aliphatic rings. The van der Waals surface area contributed by atoms with Crippen LogP contribution in [-0.2, 0) is 9.59 Å².